The van der Waals surface area contributed by atoms with E-state index in [1.165, 1.54) is 11.3 Å². The molecule has 2 aromatic carbocycles. The number of nitrogens with zero attached hydrogens (tertiary/aromatic N) is 2. The molecule has 1 amide bonds. The maximum Gasteiger partial charge on any atom is 0.257 e. The van der Waals surface area contributed by atoms with Crippen LogP contribution < -0.4 is 14.8 Å². The molecule has 0 unspecified atom stereocenters. The molecule has 0 aliphatic carbocycles. The number of carbonyl (C=O) groups is 1. The second-order valence-corrected chi connectivity index (χ2v) is 7.48. The van der Waals surface area contributed by atoms with Crippen LogP contribution >= 0.6 is 11.3 Å². The Hall–Kier alpha value is -3.32. The Balaban J connectivity index is 1.67. The van der Waals surface area contributed by atoms with Gasteiger partial charge < -0.3 is 14.0 Å². The highest BCUT2D eigenvalue weighted by Gasteiger charge is 2.18. The average molecular weight is 407 g/mol. The van der Waals surface area contributed by atoms with Crippen LogP contribution in [0.4, 0.5) is 5.13 Å². The molecular formula is C22H21N3O3S. The van der Waals surface area contributed by atoms with Gasteiger partial charge in [-0.3, -0.25) is 10.1 Å². The quantitative estimate of drug-likeness (QED) is 0.512. The number of nitrogens with one attached hydrogen (secondary N) is 1. The predicted molar refractivity (Wildman–Crippen MR) is 116 cm³/mol. The number of amides is 1. The molecule has 148 valence electrons. The van der Waals surface area contributed by atoms with Gasteiger partial charge in [-0.15, -0.1) is 11.3 Å². The molecule has 2 heterocycles. The molecule has 0 aliphatic rings. The van der Waals surface area contributed by atoms with E-state index < -0.39 is 0 Å². The first kappa shape index (κ1) is 19.0. The predicted octanol–water partition coefficient (Wildman–Crippen LogP) is 4.88. The van der Waals surface area contributed by atoms with Crippen LogP contribution in [0.25, 0.3) is 22.2 Å². The van der Waals surface area contributed by atoms with E-state index in [0.717, 1.165) is 33.6 Å². The molecule has 0 fully saturated rings. The van der Waals surface area contributed by atoms with Crippen molar-refractivity contribution in [1.29, 1.82) is 0 Å². The molecule has 29 heavy (non-hydrogen) atoms. The van der Waals surface area contributed by atoms with Gasteiger partial charge in [0.15, 0.2) is 5.13 Å². The molecule has 1 N–H and O–H groups in total. The Morgan fingerprint density at radius 2 is 1.86 bits per heavy atom. The zero-order valence-electron chi connectivity index (χ0n) is 16.6. The summed E-state index contributed by atoms with van der Waals surface area (Å²) in [6.07, 6.45) is 0. The molecule has 0 spiro atoms. The fourth-order valence-electron chi connectivity index (χ4n) is 3.38. The molecule has 0 aliphatic heterocycles. The van der Waals surface area contributed by atoms with Gasteiger partial charge in [0.05, 0.1) is 19.9 Å². The number of fused-ring (bicyclic) bond motifs is 1. The standard InChI is InChI=1S/C22H21N3O3S/c1-13-20(17-11-16(28-4)8-9-19(17)25(13)2)18-12-29-22(23-18)24-21(26)14-6-5-7-15(10-14)27-3/h5-12H,1-4H3,(H,23,24,26). The van der Waals surface area contributed by atoms with Crippen molar-refractivity contribution in [2.45, 2.75) is 6.92 Å². The van der Waals surface area contributed by atoms with E-state index in [0.29, 0.717) is 16.4 Å². The Bertz CT molecular complexity index is 1210. The summed E-state index contributed by atoms with van der Waals surface area (Å²) in [6, 6.07) is 13.0. The summed E-state index contributed by atoms with van der Waals surface area (Å²) < 4.78 is 12.7. The number of rotatable bonds is 5. The first-order chi connectivity index (χ1) is 14.0. The molecule has 0 radical (unpaired) electrons. The molecule has 0 bridgehead atoms. The number of thiazole rings is 1. The highest BCUT2D eigenvalue weighted by atomic mass is 32.1. The largest absolute Gasteiger partial charge is 0.497 e. The summed E-state index contributed by atoms with van der Waals surface area (Å²) >= 11 is 1.40. The Morgan fingerprint density at radius 1 is 1.10 bits per heavy atom. The fourth-order valence-corrected chi connectivity index (χ4v) is 4.08. The van der Waals surface area contributed by atoms with Gasteiger partial charge in [-0.25, -0.2) is 4.98 Å². The minimum absolute atomic E-state index is 0.221. The molecule has 4 rings (SSSR count). The van der Waals surface area contributed by atoms with Crippen molar-refractivity contribution in [2.75, 3.05) is 19.5 Å². The van der Waals surface area contributed by atoms with Gasteiger partial charge in [-0.2, -0.15) is 0 Å². The van der Waals surface area contributed by atoms with E-state index in [2.05, 4.69) is 21.8 Å². The van der Waals surface area contributed by atoms with Crippen molar-refractivity contribution < 1.29 is 14.3 Å². The molecule has 7 heteroatoms. The minimum atomic E-state index is -0.221. The lowest BCUT2D eigenvalue weighted by atomic mass is 10.1. The number of carbonyl (C=O) groups excluding carboxylic acids is 1. The van der Waals surface area contributed by atoms with Crippen molar-refractivity contribution >= 4 is 33.3 Å². The van der Waals surface area contributed by atoms with E-state index in [4.69, 9.17) is 9.47 Å². The third-order valence-electron chi connectivity index (χ3n) is 5.01. The van der Waals surface area contributed by atoms with Gasteiger partial charge >= 0.3 is 0 Å². The molecule has 4 aromatic rings. The summed E-state index contributed by atoms with van der Waals surface area (Å²) in [7, 11) is 5.27. The van der Waals surface area contributed by atoms with Gasteiger partial charge in [0.25, 0.3) is 5.91 Å². The number of ether oxygens (including phenoxy) is 2. The summed E-state index contributed by atoms with van der Waals surface area (Å²) in [4.78, 5) is 17.2. The van der Waals surface area contributed by atoms with Crippen molar-refractivity contribution in [3.63, 3.8) is 0 Å². The normalized spacial score (nSPS) is 10.9. The first-order valence-electron chi connectivity index (χ1n) is 9.06. The van der Waals surface area contributed by atoms with Gasteiger partial charge in [-0.05, 0) is 43.3 Å². The molecule has 0 atom stereocenters. The zero-order valence-corrected chi connectivity index (χ0v) is 17.5. The van der Waals surface area contributed by atoms with E-state index in [9.17, 15) is 4.79 Å². The number of aryl methyl sites for hydroxylation is 1. The van der Waals surface area contributed by atoms with E-state index in [1.54, 1.807) is 38.5 Å². The molecular weight excluding hydrogens is 386 g/mol. The van der Waals surface area contributed by atoms with Crippen LogP contribution in [-0.4, -0.2) is 29.7 Å². The summed E-state index contributed by atoms with van der Waals surface area (Å²) in [6.45, 7) is 2.07. The lowest BCUT2D eigenvalue weighted by molar-refractivity contribution is 0.102. The van der Waals surface area contributed by atoms with E-state index in [-0.39, 0.29) is 5.91 Å². The van der Waals surface area contributed by atoms with Crippen LogP contribution in [0, 0.1) is 6.92 Å². The second-order valence-electron chi connectivity index (χ2n) is 6.63. The van der Waals surface area contributed by atoms with Crippen molar-refractivity contribution in [3.05, 3.63) is 59.1 Å². The molecule has 2 aromatic heterocycles. The molecule has 6 nitrogen and oxygen atoms in total. The van der Waals surface area contributed by atoms with Crippen LogP contribution in [0.5, 0.6) is 11.5 Å². The zero-order chi connectivity index (χ0) is 20.5. The van der Waals surface area contributed by atoms with Crippen LogP contribution in [0.2, 0.25) is 0 Å². The fraction of sp³-hybridized carbons (Fsp3) is 0.182. The number of aromatic nitrogens is 2. The van der Waals surface area contributed by atoms with Crippen molar-refractivity contribution in [3.8, 4) is 22.8 Å². The van der Waals surface area contributed by atoms with Gasteiger partial charge in [0, 0.05) is 40.2 Å². The Kier molecular flexibility index (Phi) is 4.98. The van der Waals surface area contributed by atoms with Crippen molar-refractivity contribution in [1.82, 2.24) is 9.55 Å². The maximum absolute atomic E-state index is 12.6. The summed E-state index contributed by atoms with van der Waals surface area (Å²) in [5.41, 5.74) is 4.59. The monoisotopic (exact) mass is 407 g/mol. The van der Waals surface area contributed by atoms with Crippen LogP contribution in [0.1, 0.15) is 16.1 Å². The lowest BCUT2D eigenvalue weighted by Gasteiger charge is -2.04. The number of hydrogen-bond donors (Lipinski definition) is 1. The number of hydrogen-bond acceptors (Lipinski definition) is 5. The third kappa shape index (κ3) is 3.45. The van der Waals surface area contributed by atoms with Crippen molar-refractivity contribution in [2.24, 2.45) is 7.05 Å². The number of benzene rings is 2. The molecule has 0 saturated carbocycles. The Labute approximate surface area is 172 Å². The second kappa shape index (κ2) is 7.60. The van der Waals surface area contributed by atoms with Crippen LogP contribution in [0.15, 0.2) is 47.8 Å². The van der Waals surface area contributed by atoms with E-state index >= 15 is 0 Å². The highest BCUT2D eigenvalue weighted by Crippen LogP contribution is 2.37. The smallest absolute Gasteiger partial charge is 0.257 e. The van der Waals surface area contributed by atoms with Gasteiger partial charge in [0.1, 0.15) is 11.5 Å². The minimum Gasteiger partial charge on any atom is -0.497 e. The topological polar surface area (TPSA) is 65.4 Å². The van der Waals surface area contributed by atoms with E-state index in [1.807, 2.05) is 30.6 Å². The van der Waals surface area contributed by atoms with Crippen LogP contribution in [-0.2, 0) is 7.05 Å². The highest BCUT2D eigenvalue weighted by molar-refractivity contribution is 7.14. The summed E-state index contributed by atoms with van der Waals surface area (Å²) in [5.74, 6) is 1.21. The number of methoxy groups -OCH3 is 2. The van der Waals surface area contributed by atoms with Crippen LogP contribution in [0.3, 0.4) is 0 Å². The lowest BCUT2D eigenvalue weighted by Crippen LogP contribution is -2.11. The maximum atomic E-state index is 12.6. The SMILES string of the molecule is COc1cccc(C(=O)Nc2nc(-c3c(C)n(C)c4ccc(OC)cc34)cs2)c1. The summed E-state index contributed by atoms with van der Waals surface area (Å²) in [5, 5.41) is 6.46. The first-order valence-corrected chi connectivity index (χ1v) is 9.94. The molecule has 0 saturated heterocycles. The van der Waals surface area contributed by atoms with Gasteiger partial charge in [0.2, 0.25) is 0 Å². The average Bonchev–Trinajstić information content (AvgIpc) is 3.30. The number of anilines is 1. The van der Waals surface area contributed by atoms with Gasteiger partial charge in [-0.1, -0.05) is 6.07 Å². The third-order valence-corrected chi connectivity index (χ3v) is 5.77. The Morgan fingerprint density at radius 3 is 2.62 bits per heavy atom.